The number of nitrogens with zero attached hydrogens (tertiary/aromatic N) is 1. The van der Waals surface area contributed by atoms with Gasteiger partial charge in [-0.1, -0.05) is 37.6 Å². The van der Waals surface area contributed by atoms with E-state index < -0.39 is 34.8 Å². The van der Waals surface area contributed by atoms with Crippen molar-refractivity contribution in [3.8, 4) is 0 Å². The lowest BCUT2D eigenvalue weighted by molar-refractivity contribution is -0.137. The Kier molecular flexibility index (Phi) is 5.44. The number of halogens is 5. The van der Waals surface area contributed by atoms with E-state index in [1.165, 1.54) is 35.2 Å². The molecule has 2 aromatic rings. The SMILES string of the molecule is CC1(C)CC(=O)C2=C(C1)N(c1cccc(C(F)(F)F)c1)C(=O)CC2c1c(F)cccc1Cl. The number of hydrogen-bond donors (Lipinski definition) is 0. The van der Waals surface area contributed by atoms with Crippen LogP contribution in [0, 0.1) is 11.2 Å². The highest BCUT2D eigenvalue weighted by Gasteiger charge is 2.45. The average Bonchev–Trinajstić information content (AvgIpc) is 2.66. The maximum absolute atomic E-state index is 14.7. The van der Waals surface area contributed by atoms with Crippen molar-refractivity contribution >= 4 is 29.0 Å². The van der Waals surface area contributed by atoms with Gasteiger partial charge in [0.1, 0.15) is 5.82 Å². The molecule has 1 amide bonds. The maximum atomic E-state index is 14.7. The first-order chi connectivity index (χ1) is 14.9. The van der Waals surface area contributed by atoms with Crippen molar-refractivity contribution in [3.63, 3.8) is 0 Å². The lowest BCUT2D eigenvalue weighted by Gasteiger charge is -2.43. The van der Waals surface area contributed by atoms with Gasteiger partial charge in [0, 0.05) is 46.3 Å². The van der Waals surface area contributed by atoms with Crippen LogP contribution in [-0.4, -0.2) is 11.7 Å². The Morgan fingerprint density at radius 2 is 1.75 bits per heavy atom. The monoisotopic (exact) mass is 465 g/mol. The average molecular weight is 466 g/mol. The molecule has 168 valence electrons. The molecule has 0 fully saturated rings. The van der Waals surface area contributed by atoms with Gasteiger partial charge in [0.25, 0.3) is 0 Å². The minimum absolute atomic E-state index is 0.0286. The number of ketones is 1. The summed E-state index contributed by atoms with van der Waals surface area (Å²) < 4.78 is 54.6. The van der Waals surface area contributed by atoms with Crippen molar-refractivity contribution in [2.24, 2.45) is 5.41 Å². The molecule has 1 heterocycles. The number of hydrogen-bond acceptors (Lipinski definition) is 2. The number of rotatable bonds is 2. The summed E-state index contributed by atoms with van der Waals surface area (Å²) in [6.45, 7) is 3.70. The highest BCUT2D eigenvalue weighted by atomic mass is 35.5. The predicted molar refractivity (Wildman–Crippen MR) is 113 cm³/mol. The van der Waals surface area contributed by atoms with Crippen LogP contribution in [0.4, 0.5) is 23.2 Å². The first kappa shape index (κ1) is 22.5. The Labute approximate surface area is 187 Å². The van der Waals surface area contributed by atoms with Crippen LogP contribution in [0.1, 0.15) is 50.2 Å². The Morgan fingerprint density at radius 1 is 1.06 bits per heavy atom. The number of Topliss-reactive ketones (excluding diaryl/α,β-unsaturated/α-hetero) is 1. The highest BCUT2D eigenvalue weighted by molar-refractivity contribution is 6.31. The van der Waals surface area contributed by atoms with Gasteiger partial charge in [-0.05, 0) is 42.2 Å². The second kappa shape index (κ2) is 7.73. The topological polar surface area (TPSA) is 37.4 Å². The molecule has 1 unspecified atom stereocenters. The van der Waals surface area contributed by atoms with Crippen molar-refractivity contribution < 1.29 is 27.2 Å². The van der Waals surface area contributed by atoms with Gasteiger partial charge < -0.3 is 0 Å². The number of allylic oxidation sites excluding steroid dienone is 2. The summed E-state index contributed by atoms with van der Waals surface area (Å²) in [7, 11) is 0. The summed E-state index contributed by atoms with van der Waals surface area (Å²) in [5, 5.41) is 0.0970. The molecule has 1 aliphatic carbocycles. The van der Waals surface area contributed by atoms with E-state index in [9.17, 15) is 27.2 Å². The van der Waals surface area contributed by atoms with Crippen molar-refractivity contribution in [2.45, 2.75) is 45.2 Å². The summed E-state index contributed by atoms with van der Waals surface area (Å²) in [6.07, 6.45) is -4.41. The first-order valence-electron chi connectivity index (χ1n) is 10.1. The van der Waals surface area contributed by atoms with Crippen LogP contribution in [0.25, 0.3) is 0 Å². The number of carbonyl (C=O) groups is 2. The van der Waals surface area contributed by atoms with Gasteiger partial charge in [0.05, 0.1) is 5.56 Å². The summed E-state index contributed by atoms with van der Waals surface area (Å²) in [5.41, 5.74) is -0.769. The molecule has 0 radical (unpaired) electrons. The van der Waals surface area contributed by atoms with Crippen molar-refractivity contribution in [1.82, 2.24) is 0 Å². The molecule has 8 heteroatoms. The third kappa shape index (κ3) is 3.94. The Balaban J connectivity index is 1.94. The standard InChI is InChI=1S/C24H20ClF4NO2/c1-23(2)11-18-22(19(31)12-23)15(21-16(25)7-4-8-17(21)26)10-20(32)30(18)14-6-3-5-13(9-14)24(27,28)29/h3-9,15H,10-12H2,1-2H3. The Morgan fingerprint density at radius 3 is 2.41 bits per heavy atom. The number of carbonyl (C=O) groups excluding carboxylic acids is 2. The zero-order valence-electron chi connectivity index (χ0n) is 17.4. The first-order valence-corrected chi connectivity index (χ1v) is 10.5. The molecule has 0 spiro atoms. The fourth-order valence-corrected chi connectivity index (χ4v) is 4.92. The molecular formula is C24H20ClF4NO2. The molecule has 2 aliphatic rings. The van der Waals surface area contributed by atoms with Gasteiger partial charge in [-0.2, -0.15) is 13.2 Å². The maximum Gasteiger partial charge on any atom is 0.416 e. The second-order valence-corrected chi connectivity index (χ2v) is 9.38. The molecule has 3 nitrogen and oxygen atoms in total. The van der Waals surface area contributed by atoms with Gasteiger partial charge in [-0.25, -0.2) is 4.39 Å². The Hall–Kier alpha value is -2.67. The van der Waals surface area contributed by atoms with Crippen molar-refractivity contribution in [2.75, 3.05) is 4.90 Å². The summed E-state index contributed by atoms with van der Waals surface area (Å²) in [4.78, 5) is 27.7. The largest absolute Gasteiger partial charge is 0.416 e. The molecule has 0 saturated heterocycles. The van der Waals surface area contributed by atoms with Gasteiger partial charge in [0.15, 0.2) is 5.78 Å². The fourth-order valence-electron chi connectivity index (χ4n) is 4.63. The normalized spacial score (nSPS) is 21.1. The number of alkyl halides is 3. The van der Waals surface area contributed by atoms with Crippen LogP contribution in [0.2, 0.25) is 5.02 Å². The van der Waals surface area contributed by atoms with E-state index in [1.54, 1.807) is 0 Å². The smallest absolute Gasteiger partial charge is 0.294 e. The van der Waals surface area contributed by atoms with E-state index in [0.29, 0.717) is 5.70 Å². The van der Waals surface area contributed by atoms with E-state index in [-0.39, 0.29) is 46.9 Å². The predicted octanol–water partition coefficient (Wildman–Crippen LogP) is 6.66. The third-order valence-corrected chi connectivity index (χ3v) is 6.25. The van der Waals surface area contributed by atoms with Gasteiger partial charge in [-0.15, -0.1) is 0 Å². The van der Waals surface area contributed by atoms with Crippen LogP contribution in [0.15, 0.2) is 53.7 Å². The minimum Gasteiger partial charge on any atom is -0.294 e. The lowest BCUT2D eigenvalue weighted by Crippen LogP contribution is -2.44. The highest BCUT2D eigenvalue weighted by Crippen LogP contribution is 2.49. The van der Waals surface area contributed by atoms with E-state index >= 15 is 0 Å². The molecule has 2 aromatic carbocycles. The molecule has 1 atom stereocenters. The van der Waals surface area contributed by atoms with E-state index in [2.05, 4.69) is 0 Å². The fraction of sp³-hybridized carbons (Fsp3) is 0.333. The van der Waals surface area contributed by atoms with E-state index in [4.69, 9.17) is 11.6 Å². The Bertz CT molecular complexity index is 1130. The van der Waals surface area contributed by atoms with Crippen molar-refractivity contribution in [1.29, 1.82) is 0 Å². The third-order valence-electron chi connectivity index (χ3n) is 5.92. The quantitative estimate of drug-likeness (QED) is 0.465. The molecule has 4 rings (SSSR count). The van der Waals surface area contributed by atoms with Crippen LogP contribution >= 0.6 is 11.6 Å². The van der Waals surface area contributed by atoms with Crippen molar-refractivity contribution in [3.05, 3.63) is 75.7 Å². The number of benzene rings is 2. The van der Waals surface area contributed by atoms with Gasteiger partial charge in [-0.3, -0.25) is 14.5 Å². The van der Waals surface area contributed by atoms with Gasteiger partial charge >= 0.3 is 6.18 Å². The number of amides is 1. The molecular weight excluding hydrogens is 446 g/mol. The molecule has 1 aliphatic heterocycles. The zero-order valence-corrected chi connectivity index (χ0v) is 18.1. The summed E-state index contributed by atoms with van der Waals surface area (Å²) in [5.74, 6) is -2.30. The van der Waals surface area contributed by atoms with E-state index in [1.807, 2.05) is 13.8 Å². The molecule has 32 heavy (non-hydrogen) atoms. The molecule has 0 aromatic heterocycles. The second-order valence-electron chi connectivity index (χ2n) is 8.97. The molecule has 0 saturated carbocycles. The van der Waals surface area contributed by atoms with Gasteiger partial charge in [0.2, 0.25) is 5.91 Å². The molecule has 0 N–H and O–H groups in total. The number of anilines is 1. The minimum atomic E-state index is -4.59. The van der Waals surface area contributed by atoms with Crippen LogP contribution in [0.5, 0.6) is 0 Å². The van der Waals surface area contributed by atoms with Crippen LogP contribution in [-0.2, 0) is 15.8 Å². The zero-order chi connectivity index (χ0) is 23.4. The molecule has 0 bridgehead atoms. The van der Waals surface area contributed by atoms with E-state index in [0.717, 1.165) is 12.1 Å². The summed E-state index contributed by atoms with van der Waals surface area (Å²) >= 11 is 6.25. The summed E-state index contributed by atoms with van der Waals surface area (Å²) in [6, 6.07) is 8.57. The lowest BCUT2D eigenvalue weighted by atomic mass is 9.69. The van der Waals surface area contributed by atoms with Crippen LogP contribution in [0.3, 0.4) is 0 Å². The van der Waals surface area contributed by atoms with Crippen LogP contribution < -0.4 is 4.90 Å².